The number of hydrogen-bond acceptors (Lipinski definition) is 7. The van der Waals surface area contributed by atoms with Crippen molar-refractivity contribution in [3.8, 4) is 5.75 Å². The van der Waals surface area contributed by atoms with E-state index < -0.39 is 34.7 Å². The maximum absolute atomic E-state index is 13.6. The number of ketones is 1. The van der Waals surface area contributed by atoms with Crippen LogP contribution in [-0.4, -0.2) is 42.1 Å². The quantitative estimate of drug-likeness (QED) is 0.223. The highest BCUT2D eigenvalue weighted by Crippen LogP contribution is 2.42. The van der Waals surface area contributed by atoms with E-state index in [4.69, 9.17) is 9.47 Å². The van der Waals surface area contributed by atoms with Crippen LogP contribution in [0.3, 0.4) is 0 Å². The SMILES string of the molecule is CCOc1ccc(N[C@@]2(C(=O)OC)C(=C(O)c3ccc(C)cc3)C(=O)C(=O)N2c2ccccc2)cc1. The number of ether oxygens (including phenoxy) is 2. The Kier molecular flexibility index (Phi) is 6.78. The van der Waals surface area contributed by atoms with Crippen LogP contribution in [0.1, 0.15) is 18.1 Å². The fraction of sp³-hybridized carbons (Fsp3) is 0.179. The van der Waals surface area contributed by atoms with Crippen LogP contribution in [-0.2, 0) is 19.1 Å². The van der Waals surface area contributed by atoms with Gasteiger partial charge in [0, 0.05) is 16.9 Å². The molecule has 1 saturated heterocycles. The summed E-state index contributed by atoms with van der Waals surface area (Å²) in [6.45, 7) is 4.21. The second-order valence-corrected chi connectivity index (χ2v) is 8.18. The number of nitrogens with one attached hydrogen (secondary N) is 1. The number of carbonyl (C=O) groups excluding carboxylic acids is 3. The summed E-state index contributed by atoms with van der Waals surface area (Å²) < 4.78 is 10.6. The maximum atomic E-state index is 13.6. The zero-order chi connectivity index (χ0) is 25.9. The van der Waals surface area contributed by atoms with Crippen molar-refractivity contribution in [2.75, 3.05) is 23.9 Å². The standard InChI is InChI=1S/C28H26N2O6/c1-4-36-22-16-14-20(15-17-22)29-28(27(34)35-3)23(24(31)19-12-10-18(2)11-13-19)25(32)26(33)30(28)21-8-6-5-7-9-21/h5-17,29,31H,4H2,1-3H3/t28-/m0/s1. The summed E-state index contributed by atoms with van der Waals surface area (Å²) in [7, 11) is 1.15. The molecule has 3 aromatic rings. The molecule has 0 unspecified atom stereocenters. The van der Waals surface area contributed by atoms with Gasteiger partial charge in [0.2, 0.25) is 0 Å². The van der Waals surface area contributed by atoms with E-state index in [0.29, 0.717) is 18.0 Å². The van der Waals surface area contributed by atoms with Gasteiger partial charge in [-0.1, -0.05) is 48.0 Å². The zero-order valence-corrected chi connectivity index (χ0v) is 20.1. The van der Waals surface area contributed by atoms with E-state index in [9.17, 15) is 19.5 Å². The third kappa shape index (κ3) is 4.17. The van der Waals surface area contributed by atoms with Gasteiger partial charge >= 0.3 is 11.9 Å². The Morgan fingerprint density at radius 1 is 0.972 bits per heavy atom. The fourth-order valence-corrected chi connectivity index (χ4v) is 4.18. The summed E-state index contributed by atoms with van der Waals surface area (Å²) in [5.41, 5.74) is -0.753. The van der Waals surface area contributed by atoms with Crippen molar-refractivity contribution in [2.24, 2.45) is 0 Å². The third-order valence-electron chi connectivity index (χ3n) is 5.87. The normalized spacial score (nSPS) is 18.7. The Labute approximate surface area is 208 Å². The summed E-state index contributed by atoms with van der Waals surface area (Å²) in [5, 5.41) is 14.4. The van der Waals surface area contributed by atoms with Crippen molar-refractivity contribution in [2.45, 2.75) is 19.5 Å². The Bertz CT molecular complexity index is 1320. The van der Waals surface area contributed by atoms with Crippen LogP contribution < -0.4 is 15.0 Å². The molecule has 2 N–H and O–H groups in total. The topological polar surface area (TPSA) is 105 Å². The van der Waals surface area contributed by atoms with Crippen LogP contribution in [0.2, 0.25) is 0 Å². The molecule has 8 heteroatoms. The van der Waals surface area contributed by atoms with Gasteiger partial charge in [0.1, 0.15) is 17.1 Å². The van der Waals surface area contributed by atoms with Gasteiger partial charge < -0.3 is 19.9 Å². The summed E-state index contributed by atoms with van der Waals surface area (Å²) in [6.07, 6.45) is 0. The first-order chi connectivity index (χ1) is 17.3. The van der Waals surface area contributed by atoms with Gasteiger partial charge in [-0.2, -0.15) is 0 Å². The van der Waals surface area contributed by atoms with Crippen LogP contribution in [0.15, 0.2) is 84.4 Å². The second-order valence-electron chi connectivity index (χ2n) is 8.18. The fourth-order valence-electron chi connectivity index (χ4n) is 4.18. The third-order valence-corrected chi connectivity index (χ3v) is 5.87. The number of aryl methyl sites for hydroxylation is 1. The molecule has 1 aliphatic rings. The van der Waals surface area contributed by atoms with Crippen LogP contribution in [0.4, 0.5) is 11.4 Å². The Hall–Kier alpha value is -4.59. The van der Waals surface area contributed by atoms with Gasteiger partial charge in [-0.05, 0) is 50.2 Å². The zero-order valence-electron chi connectivity index (χ0n) is 20.1. The molecule has 36 heavy (non-hydrogen) atoms. The van der Waals surface area contributed by atoms with Crippen LogP contribution >= 0.6 is 0 Å². The molecule has 1 aliphatic heterocycles. The van der Waals surface area contributed by atoms with E-state index in [1.54, 1.807) is 78.9 Å². The van der Waals surface area contributed by atoms with Gasteiger partial charge in [0.25, 0.3) is 11.4 Å². The summed E-state index contributed by atoms with van der Waals surface area (Å²) >= 11 is 0. The first-order valence-electron chi connectivity index (χ1n) is 11.4. The highest BCUT2D eigenvalue weighted by Gasteiger charge is 2.63. The average Bonchev–Trinajstić information content (AvgIpc) is 3.12. The van der Waals surface area contributed by atoms with Crippen molar-refractivity contribution in [1.82, 2.24) is 0 Å². The number of aliphatic hydroxyl groups excluding tert-OH is 1. The highest BCUT2D eigenvalue weighted by atomic mass is 16.5. The Balaban J connectivity index is 1.99. The van der Waals surface area contributed by atoms with Gasteiger partial charge in [-0.3, -0.25) is 14.5 Å². The lowest BCUT2D eigenvalue weighted by atomic mass is 9.93. The second kappa shape index (κ2) is 9.95. The van der Waals surface area contributed by atoms with Gasteiger partial charge in [-0.15, -0.1) is 0 Å². The Morgan fingerprint density at radius 2 is 1.61 bits per heavy atom. The summed E-state index contributed by atoms with van der Waals surface area (Å²) in [6, 6.07) is 21.7. The van der Waals surface area contributed by atoms with E-state index in [0.717, 1.165) is 17.6 Å². The molecule has 3 aromatic carbocycles. The molecule has 0 saturated carbocycles. The smallest absolute Gasteiger partial charge is 0.358 e. The number of aliphatic hydroxyl groups is 1. The van der Waals surface area contributed by atoms with Crippen molar-refractivity contribution in [3.05, 3.63) is 95.6 Å². The Morgan fingerprint density at radius 3 is 2.19 bits per heavy atom. The number of amides is 1. The van der Waals surface area contributed by atoms with Crippen molar-refractivity contribution < 1.29 is 29.0 Å². The number of anilines is 2. The molecule has 1 atom stereocenters. The molecular formula is C28H26N2O6. The lowest BCUT2D eigenvalue weighted by molar-refractivity contribution is -0.145. The molecule has 0 spiro atoms. The number of Topliss-reactive ketones (excluding diaryl/α,β-unsaturated/α-hetero) is 1. The molecule has 1 heterocycles. The lowest BCUT2D eigenvalue weighted by Crippen LogP contribution is -2.59. The molecule has 0 aliphatic carbocycles. The van der Waals surface area contributed by atoms with Gasteiger partial charge in [-0.25, -0.2) is 4.79 Å². The van der Waals surface area contributed by atoms with E-state index in [1.165, 1.54) is 0 Å². The number of para-hydroxylation sites is 1. The summed E-state index contributed by atoms with van der Waals surface area (Å²) in [4.78, 5) is 41.5. The van der Waals surface area contributed by atoms with Crippen molar-refractivity contribution in [1.29, 1.82) is 0 Å². The monoisotopic (exact) mass is 486 g/mol. The largest absolute Gasteiger partial charge is 0.507 e. The maximum Gasteiger partial charge on any atom is 0.358 e. The number of methoxy groups -OCH3 is 1. The van der Waals surface area contributed by atoms with Crippen LogP contribution in [0, 0.1) is 6.92 Å². The number of benzene rings is 3. The van der Waals surface area contributed by atoms with Crippen molar-refractivity contribution >= 4 is 34.8 Å². The number of hydrogen-bond donors (Lipinski definition) is 2. The number of esters is 1. The molecule has 1 amide bonds. The highest BCUT2D eigenvalue weighted by molar-refractivity contribution is 6.54. The molecule has 8 nitrogen and oxygen atoms in total. The first-order valence-corrected chi connectivity index (χ1v) is 11.4. The van der Waals surface area contributed by atoms with Gasteiger partial charge in [0.15, 0.2) is 0 Å². The van der Waals surface area contributed by atoms with Gasteiger partial charge in [0.05, 0.1) is 13.7 Å². The average molecular weight is 487 g/mol. The predicted molar refractivity (Wildman–Crippen MR) is 136 cm³/mol. The summed E-state index contributed by atoms with van der Waals surface area (Å²) in [5.74, 6) is -2.87. The number of rotatable bonds is 7. The molecule has 0 radical (unpaired) electrons. The molecule has 1 fully saturated rings. The predicted octanol–water partition coefficient (Wildman–Crippen LogP) is 4.26. The van der Waals surface area contributed by atoms with E-state index in [-0.39, 0.29) is 11.3 Å². The van der Waals surface area contributed by atoms with Crippen LogP contribution in [0.5, 0.6) is 5.75 Å². The minimum absolute atomic E-state index is 0.270. The number of carbonyl (C=O) groups is 3. The van der Waals surface area contributed by atoms with Crippen LogP contribution in [0.25, 0.3) is 5.76 Å². The number of nitrogens with zero attached hydrogens (tertiary/aromatic N) is 1. The molecule has 0 aromatic heterocycles. The van der Waals surface area contributed by atoms with Crippen molar-refractivity contribution in [3.63, 3.8) is 0 Å². The molecule has 4 rings (SSSR count). The molecule has 184 valence electrons. The minimum Gasteiger partial charge on any atom is -0.507 e. The van der Waals surface area contributed by atoms with E-state index in [2.05, 4.69) is 5.32 Å². The first kappa shape index (κ1) is 24.5. The lowest BCUT2D eigenvalue weighted by Gasteiger charge is -2.37. The van der Waals surface area contributed by atoms with E-state index >= 15 is 0 Å². The molecule has 0 bridgehead atoms. The van der Waals surface area contributed by atoms with E-state index in [1.807, 2.05) is 13.8 Å². The minimum atomic E-state index is -2.19. The molecular weight excluding hydrogens is 460 g/mol.